The lowest BCUT2D eigenvalue weighted by Crippen LogP contribution is -2.44. The zero-order chi connectivity index (χ0) is 28.8. The summed E-state index contributed by atoms with van der Waals surface area (Å²) < 4.78 is 19.9. The maximum atomic E-state index is 6.81. The van der Waals surface area contributed by atoms with Gasteiger partial charge in [-0.2, -0.15) is 0 Å². The smallest absolute Gasteiger partial charge is 0.191 e. The monoisotopic (exact) mass is 558 g/mol. The summed E-state index contributed by atoms with van der Waals surface area (Å²) in [7, 11) is -3.65. The Hall–Kier alpha value is -0.986. The van der Waals surface area contributed by atoms with Crippen LogP contribution in [0.5, 0.6) is 0 Å². The highest BCUT2D eigenvalue weighted by Crippen LogP contribution is 2.41. The van der Waals surface area contributed by atoms with Crippen LogP contribution in [0.1, 0.15) is 61.0 Å². The first-order valence-electron chi connectivity index (χ1n) is 14.7. The first-order chi connectivity index (χ1) is 17.5. The topological polar surface area (TPSA) is 27.7 Å². The minimum absolute atomic E-state index is 0.188. The van der Waals surface area contributed by atoms with Gasteiger partial charge >= 0.3 is 0 Å². The second kappa shape index (κ2) is 13.6. The molecule has 0 N–H and O–H groups in total. The molecule has 0 amide bonds. The van der Waals surface area contributed by atoms with Crippen molar-refractivity contribution in [1.82, 2.24) is 0 Å². The Labute approximate surface area is 237 Å². The first-order valence-corrected chi connectivity index (χ1v) is 20.5. The van der Waals surface area contributed by atoms with E-state index in [-0.39, 0.29) is 10.1 Å². The molecular weight excluding hydrogens is 501 g/mol. The molecule has 0 aromatic heterocycles. The fourth-order valence-corrected chi connectivity index (χ4v) is 6.83. The summed E-state index contributed by atoms with van der Waals surface area (Å²) in [6, 6.07) is 10.5. The quantitative estimate of drug-likeness (QED) is 0.239. The number of ether oxygens (including phenoxy) is 1. The van der Waals surface area contributed by atoms with E-state index in [1.165, 1.54) is 5.56 Å². The Morgan fingerprint density at radius 3 is 1.76 bits per heavy atom. The van der Waals surface area contributed by atoms with Crippen molar-refractivity contribution in [3.63, 3.8) is 0 Å². The maximum absolute atomic E-state index is 6.81. The second-order valence-electron chi connectivity index (χ2n) is 14.7. The molecule has 0 bridgehead atoms. The minimum atomic E-state index is -1.87. The van der Waals surface area contributed by atoms with Gasteiger partial charge < -0.3 is 13.6 Å². The summed E-state index contributed by atoms with van der Waals surface area (Å²) in [5.74, 6) is 2.05. The average Bonchev–Trinajstić information content (AvgIpc) is 3.00. The highest BCUT2D eigenvalue weighted by molar-refractivity contribution is 6.74. The first kappa shape index (κ1) is 33.2. The van der Waals surface area contributed by atoms with Gasteiger partial charge in [0.1, 0.15) is 0 Å². The molecule has 0 fully saturated rings. The number of rotatable bonds is 12. The van der Waals surface area contributed by atoms with Gasteiger partial charge in [0, 0.05) is 19.1 Å². The largest absolute Gasteiger partial charge is 0.417 e. The van der Waals surface area contributed by atoms with Gasteiger partial charge in [0.2, 0.25) is 0 Å². The van der Waals surface area contributed by atoms with Crippen molar-refractivity contribution in [1.29, 1.82) is 0 Å². The van der Waals surface area contributed by atoms with Gasteiger partial charge in [-0.3, -0.25) is 0 Å². The number of allylic oxidation sites excluding steroid dienone is 4. The lowest BCUT2D eigenvalue weighted by molar-refractivity contribution is 0.0300. The van der Waals surface area contributed by atoms with E-state index in [4.69, 9.17) is 13.6 Å². The van der Waals surface area contributed by atoms with Crippen molar-refractivity contribution in [2.24, 2.45) is 29.6 Å². The van der Waals surface area contributed by atoms with Crippen LogP contribution in [0.15, 0.2) is 54.6 Å². The van der Waals surface area contributed by atoms with Gasteiger partial charge in [-0.05, 0) is 65.5 Å². The van der Waals surface area contributed by atoms with Crippen LogP contribution < -0.4 is 0 Å². The molecule has 3 nitrogen and oxygen atoms in total. The van der Waals surface area contributed by atoms with Crippen LogP contribution in [0.3, 0.4) is 0 Å². The van der Waals surface area contributed by atoms with E-state index in [0.29, 0.717) is 42.8 Å². The lowest BCUT2D eigenvalue weighted by atomic mass is 9.73. The van der Waals surface area contributed by atoms with E-state index in [0.717, 1.165) is 13.2 Å². The normalized spacial score (nSPS) is 22.8. The molecule has 0 saturated carbocycles. The molecule has 0 heterocycles. The summed E-state index contributed by atoms with van der Waals surface area (Å²) in [4.78, 5) is 0. The van der Waals surface area contributed by atoms with Crippen LogP contribution in [0.4, 0.5) is 0 Å². The van der Waals surface area contributed by atoms with Crippen molar-refractivity contribution in [3.05, 3.63) is 60.2 Å². The van der Waals surface area contributed by atoms with Crippen LogP contribution in [-0.2, 0) is 20.2 Å². The van der Waals surface area contributed by atoms with Gasteiger partial charge in [0.25, 0.3) is 0 Å². The van der Waals surface area contributed by atoms with Gasteiger partial charge in [-0.1, -0.05) is 110 Å². The third kappa shape index (κ3) is 9.30. The summed E-state index contributed by atoms with van der Waals surface area (Å²) in [5.41, 5.74) is 1.22. The van der Waals surface area contributed by atoms with E-state index in [1.807, 2.05) is 0 Å². The van der Waals surface area contributed by atoms with Crippen molar-refractivity contribution in [3.8, 4) is 0 Å². The molecule has 0 unspecified atom stereocenters. The van der Waals surface area contributed by atoms with Crippen molar-refractivity contribution in [2.75, 3.05) is 19.8 Å². The summed E-state index contributed by atoms with van der Waals surface area (Å²) in [6.07, 6.45) is 9.32. The standard InChI is InChI=1S/C33H58O3Si2/c1-26(22-35-37(9,10)32(3,4)5)30-20-16-17-21-31(27(30)2)29(25-36-38(11,12)33(6,7)8)24-34-23-28-18-14-13-15-19-28/h13-21,26-27,29-31H,22-25H2,1-12H3/t26-,27-,29+,30-,31-/m1/s1. The van der Waals surface area contributed by atoms with Crippen LogP contribution in [0.2, 0.25) is 36.3 Å². The van der Waals surface area contributed by atoms with Crippen molar-refractivity contribution in [2.45, 2.75) is 98.3 Å². The van der Waals surface area contributed by atoms with Crippen molar-refractivity contribution < 1.29 is 13.6 Å². The molecule has 0 aliphatic heterocycles. The minimum Gasteiger partial charge on any atom is -0.417 e. The van der Waals surface area contributed by atoms with Gasteiger partial charge in [-0.25, -0.2) is 0 Å². The SMILES string of the molecule is C[C@H]1[C@H]([C@@H](COCc2ccccc2)CO[Si](C)(C)C(C)(C)C)C=CC=C[C@@H]1[C@H](C)CO[Si](C)(C)C(C)(C)C. The molecule has 2 rings (SSSR count). The molecule has 216 valence electrons. The zero-order valence-corrected chi connectivity index (χ0v) is 28.6. The molecule has 1 aromatic rings. The average molecular weight is 559 g/mol. The fraction of sp³-hybridized carbons (Fsp3) is 0.697. The predicted molar refractivity (Wildman–Crippen MR) is 169 cm³/mol. The fourth-order valence-electron chi connectivity index (χ4n) is 4.66. The number of benzene rings is 1. The highest BCUT2D eigenvalue weighted by atomic mass is 28.4. The Morgan fingerprint density at radius 1 is 0.737 bits per heavy atom. The molecule has 0 radical (unpaired) electrons. The summed E-state index contributed by atoms with van der Waals surface area (Å²) >= 11 is 0. The van der Waals surface area contributed by atoms with E-state index in [2.05, 4.69) is 136 Å². The molecular formula is C33H58O3Si2. The van der Waals surface area contributed by atoms with Crippen LogP contribution in [0, 0.1) is 29.6 Å². The van der Waals surface area contributed by atoms with E-state index in [1.54, 1.807) is 0 Å². The third-order valence-electron chi connectivity index (χ3n) is 9.61. The Kier molecular flexibility index (Phi) is 11.9. The lowest BCUT2D eigenvalue weighted by Gasteiger charge is -2.41. The molecule has 1 aromatic carbocycles. The molecule has 0 saturated heterocycles. The Balaban J connectivity index is 2.19. The van der Waals surface area contributed by atoms with E-state index in [9.17, 15) is 0 Å². The van der Waals surface area contributed by atoms with Gasteiger partial charge in [0.15, 0.2) is 16.6 Å². The molecule has 1 aliphatic carbocycles. The third-order valence-corrected chi connectivity index (χ3v) is 18.6. The van der Waals surface area contributed by atoms with Gasteiger partial charge in [-0.15, -0.1) is 0 Å². The van der Waals surface area contributed by atoms with Crippen LogP contribution in [0.25, 0.3) is 0 Å². The molecule has 1 aliphatic rings. The highest BCUT2D eigenvalue weighted by Gasteiger charge is 2.41. The summed E-state index contributed by atoms with van der Waals surface area (Å²) in [6.45, 7) is 31.0. The number of hydrogen-bond donors (Lipinski definition) is 0. The Morgan fingerprint density at radius 2 is 1.24 bits per heavy atom. The van der Waals surface area contributed by atoms with E-state index < -0.39 is 16.6 Å². The maximum Gasteiger partial charge on any atom is 0.191 e. The molecule has 0 spiro atoms. The van der Waals surface area contributed by atoms with Crippen molar-refractivity contribution >= 4 is 16.6 Å². The molecule has 38 heavy (non-hydrogen) atoms. The van der Waals surface area contributed by atoms with Crippen LogP contribution >= 0.6 is 0 Å². The zero-order valence-electron chi connectivity index (χ0n) is 26.6. The summed E-state index contributed by atoms with van der Waals surface area (Å²) in [5, 5.41) is 0.414. The van der Waals surface area contributed by atoms with E-state index >= 15 is 0 Å². The Bertz CT molecular complexity index is 893. The van der Waals surface area contributed by atoms with Crippen LogP contribution in [-0.4, -0.2) is 36.5 Å². The number of hydrogen-bond acceptors (Lipinski definition) is 3. The second-order valence-corrected chi connectivity index (χ2v) is 24.3. The van der Waals surface area contributed by atoms with Gasteiger partial charge in [0.05, 0.1) is 13.2 Å². The molecule has 5 heteroatoms. The molecule has 5 atom stereocenters. The predicted octanol–water partition coefficient (Wildman–Crippen LogP) is 9.49.